The number of nitro groups is 1. The van der Waals surface area contributed by atoms with Crippen LogP contribution in [0.25, 0.3) is 0 Å². The van der Waals surface area contributed by atoms with Gasteiger partial charge in [-0.05, 0) is 37.6 Å². The Kier molecular flexibility index (Phi) is 4.63. The maximum Gasteiger partial charge on any atom is 0.314 e. The van der Waals surface area contributed by atoms with Crippen LogP contribution in [-0.2, 0) is 5.60 Å². The molecular formula is C15H16ClN3O3. The smallest absolute Gasteiger partial charge is 0.314 e. The van der Waals surface area contributed by atoms with E-state index >= 15 is 0 Å². The van der Waals surface area contributed by atoms with Crippen LogP contribution in [0.5, 0.6) is 0 Å². The maximum atomic E-state index is 11.1. The van der Waals surface area contributed by atoms with E-state index in [-0.39, 0.29) is 18.1 Å². The first kappa shape index (κ1) is 16.2. The van der Waals surface area contributed by atoms with Gasteiger partial charge in [0.2, 0.25) is 5.82 Å². The van der Waals surface area contributed by atoms with Crippen molar-refractivity contribution in [3.63, 3.8) is 0 Å². The molecular weight excluding hydrogens is 306 g/mol. The number of hydrogen-bond donors (Lipinski definition) is 2. The number of aliphatic hydroxyl groups is 1. The number of benzene rings is 1. The van der Waals surface area contributed by atoms with Crippen LogP contribution in [0.4, 0.5) is 11.5 Å². The molecule has 1 aromatic heterocycles. The SMILES string of the molecule is Cc1ccnc(NCC(C)(O)c2cccc(Cl)c2)c1[N+](=O)[O-]. The molecule has 1 heterocycles. The Morgan fingerprint density at radius 2 is 2.18 bits per heavy atom. The molecule has 0 aliphatic rings. The number of pyridine rings is 1. The summed E-state index contributed by atoms with van der Waals surface area (Å²) in [6.07, 6.45) is 1.48. The van der Waals surface area contributed by atoms with E-state index in [2.05, 4.69) is 10.3 Å². The minimum atomic E-state index is -1.25. The highest BCUT2D eigenvalue weighted by atomic mass is 35.5. The van der Waals surface area contributed by atoms with Gasteiger partial charge in [-0.1, -0.05) is 23.7 Å². The number of aromatic nitrogens is 1. The standard InChI is InChI=1S/C15H16ClN3O3/c1-10-6-7-17-14(13(10)19(21)22)18-9-15(2,20)11-4-3-5-12(16)8-11/h3-8,20H,9H2,1-2H3,(H,17,18). The van der Waals surface area contributed by atoms with E-state index in [0.717, 1.165) is 0 Å². The first-order chi connectivity index (χ1) is 10.3. The number of halogens is 1. The average molecular weight is 322 g/mol. The minimum Gasteiger partial charge on any atom is -0.384 e. The van der Waals surface area contributed by atoms with Gasteiger partial charge in [0, 0.05) is 23.3 Å². The number of aryl methyl sites for hydroxylation is 1. The zero-order chi connectivity index (χ0) is 16.3. The van der Waals surface area contributed by atoms with Gasteiger partial charge in [-0.3, -0.25) is 10.1 Å². The fraction of sp³-hybridized carbons (Fsp3) is 0.267. The van der Waals surface area contributed by atoms with E-state index in [4.69, 9.17) is 11.6 Å². The van der Waals surface area contributed by atoms with Crippen molar-refractivity contribution in [2.45, 2.75) is 19.4 Å². The monoisotopic (exact) mass is 321 g/mol. The fourth-order valence-electron chi connectivity index (χ4n) is 2.09. The Hall–Kier alpha value is -2.18. The summed E-state index contributed by atoms with van der Waals surface area (Å²) < 4.78 is 0. The molecule has 116 valence electrons. The second kappa shape index (κ2) is 6.29. The summed E-state index contributed by atoms with van der Waals surface area (Å²) in [5, 5.41) is 25.0. The molecule has 1 atom stereocenters. The topological polar surface area (TPSA) is 88.3 Å². The van der Waals surface area contributed by atoms with E-state index in [0.29, 0.717) is 16.1 Å². The van der Waals surface area contributed by atoms with Crippen molar-refractivity contribution < 1.29 is 10.0 Å². The van der Waals surface area contributed by atoms with Gasteiger partial charge in [0.25, 0.3) is 0 Å². The van der Waals surface area contributed by atoms with Crippen LogP contribution in [0.3, 0.4) is 0 Å². The molecule has 0 saturated heterocycles. The van der Waals surface area contributed by atoms with Crippen molar-refractivity contribution in [1.29, 1.82) is 0 Å². The predicted molar refractivity (Wildman–Crippen MR) is 85.1 cm³/mol. The van der Waals surface area contributed by atoms with Crippen LogP contribution in [0, 0.1) is 17.0 Å². The van der Waals surface area contributed by atoms with Crippen LogP contribution in [0.1, 0.15) is 18.1 Å². The van der Waals surface area contributed by atoms with Crippen LogP contribution < -0.4 is 5.32 Å². The van der Waals surface area contributed by atoms with E-state index in [1.165, 1.54) is 6.20 Å². The van der Waals surface area contributed by atoms with E-state index < -0.39 is 10.5 Å². The van der Waals surface area contributed by atoms with Crippen LogP contribution in [-0.4, -0.2) is 21.6 Å². The van der Waals surface area contributed by atoms with Crippen LogP contribution in [0.15, 0.2) is 36.5 Å². The Bertz CT molecular complexity index is 704. The zero-order valence-electron chi connectivity index (χ0n) is 12.2. The van der Waals surface area contributed by atoms with Gasteiger partial charge in [-0.25, -0.2) is 4.98 Å². The molecule has 0 saturated carbocycles. The molecule has 2 aromatic rings. The lowest BCUT2D eigenvalue weighted by molar-refractivity contribution is -0.384. The van der Waals surface area contributed by atoms with Gasteiger partial charge in [-0.2, -0.15) is 0 Å². The Morgan fingerprint density at radius 3 is 2.82 bits per heavy atom. The fourth-order valence-corrected chi connectivity index (χ4v) is 2.28. The Labute approximate surface area is 132 Å². The average Bonchev–Trinajstić information content (AvgIpc) is 2.45. The number of rotatable bonds is 5. The summed E-state index contributed by atoms with van der Waals surface area (Å²) in [5.74, 6) is 0.132. The second-order valence-corrected chi connectivity index (χ2v) is 5.66. The molecule has 0 fully saturated rings. The van der Waals surface area contributed by atoms with Gasteiger partial charge < -0.3 is 10.4 Å². The molecule has 0 bridgehead atoms. The third-order valence-corrected chi connectivity index (χ3v) is 3.59. The summed E-state index contributed by atoms with van der Waals surface area (Å²) in [4.78, 5) is 14.6. The van der Waals surface area contributed by atoms with Crippen LogP contribution in [0.2, 0.25) is 5.02 Å². The van der Waals surface area contributed by atoms with Gasteiger partial charge in [0.05, 0.1) is 4.92 Å². The van der Waals surface area contributed by atoms with E-state index in [1.54, 1.807) is 44.2 Å². The first-order valence-corrected chi connectivity index (χ1v) is 7.01. The maximum absolute atomic E-state index is 11.1. The summed E-state index contributed by atoms with van der Waals surface area (Å²) in [5.41, 5.74) is -0.221. The number of anilines is 1. The second-order valence-electron chi connectivity index (χ2n) is 5.22. The Balaban J connectivity index is 2.23. The molecule has 0 aliphatic heterocycles. The molecule has 2 N–H and O–H groups in total. The lowest BCUT2D eigenvalue weighted by Gasteiger charge is -2.24. The Morgan fingerprint density at radius 1 is 1.45 bits per heavy atom. The van der Waals surface area contributed by atoms with Gasteiger partial charge in [0.1, 0.15) is 5.60 Å². The summed E-state index contributed by atoms with van der Waals surface area (Å²) in [6.45, 7) is 3.30. The molecule has 0 amide bonds. The van der Waals surface area contributed by atoms with Crippen molar-refractivity contribution in [2.24, 2.45) is 0 Å². The first-order valence-electron chi connectivity index (χ1n) is 6.63. The van der Waals surface area contributed by atoms with Crippen molar-refractivity contribution in [2.75, 3.05) is 11.9 Å². The summed E-state index contributed by atoms with van der Waals surface area (Å²) >= 11 is 5.92. The zero-order valence-corrected chi connectivity index (χ0v) is 13.0. The van der Waals surface area contributed by atoms with Gasteiger partial charge >= 0.3 is 5.69 Å². The molecule has 1 unspecified atom stereocenters. The highest BCUT2D eigenvalue weighted by molar-refractivity contribution is 6.30. The number of nitrogens with one attached hydrogen (secondary N) is 1. The van der Waals surface area contributed by atoms with Crippen molar-refractivity contribution >= 4 is 23.1 Å². The van der Waals surface area contributed by atoms with E-state index in [1.807, 2.05) is 0 Å². The van der Waals surface area contributed by atoms with Crippen LogP contribution >= 0.6 is 11.6 Å². The molecule has 6 nitrogen and oxygen atoms in total. The van der Waals surface area contributed by atoms with Gasteiger partial charge in [-0.15, -0.1) is 0 Å². The summed E-state index contributed by atoms with van der Waals surface area (Å²) in [7, 11) is 0. The number of nitrogens with zero attached hydrogens (tertiary/aromatic N) is 2. The largest absolute Gasteiger partial charge is 0.384 e. The van der Waals surface area contributed by atoms with E-state index in [9.17, 15) is 15.2 Å². The lowest BCUT2D eigenvalue weighted by Crippen LogP contribution is -2.31. The minimum absolute atomic E-state index is 0.0602. The lowest BCUT2D eigenvalue weighted by atomic mass is 9.96. The van der Waals surface area contributed by atoms with Gasteiger partial charge in [0.15, 0.2) is 0 Å². The molecule has 0 aliphatic carbocycles. The predicted octanol–water partition coefficient (Wildman–Crippen LogP) is 3.27. The third-order valence-electron chi connectivity index (χ3n) is 3.36. The molecule has 1 aromatic carbocycles. The molecule has 2 rings (SSSR count). The molecule has 22 heavy (non-hydrogen) atoms. The number of hydrogen-bond acceptors (Lipinski definition) is 5. The quantitative estimate of drug-likeness (QED) is 0.651. The normalized spacial score (nSPS) is 13.5. The summed E-state index contributed by atoms with van der Waals surface area (Å²) in [6, 6.07) is 8.41. The van der Waals surface area contributed by atoms with Crippen molar-refractivity contribution in [3.05, 3.63) is 62.8 Å². The molecule has 0 radical (unpaired) electrons. The highest BCUT2D eigenvalue weighted by Gasteiger charge is 2.26. The van der Waals surface area contributed by atoms with Crippen molar-refractivity contribution in [1.82, 2.24) is 4.98 Å². The third kappa shape index (κ3) is 3.52. The molecule has 0 spiro atoms. The molecule has 7 heteroatoms. The van der Waals surface area contributed by atoms with Crippen molar-refractivity contribution in [3.8, 4) is 0 Å². The highest BCUT2D eigenvalue weighted by Crippen LogP contribution is 2.28.